The van der Waals surface area contributed by atoms with E-state index in [2.05, 4.69) is 15.1 Å². The summed E-state index contributed by atoms with van der Waals surface area (Å²) in [5.41, 5.74) is -0.475. The summed E-state index contributed by atoms with van der Waals surface area (Å²) >= 11 is 6.87. The summed E-state index contributed by atoms with van der Waals surface area (Å²) in [6, 6.07) is 4.17. The molecule has 3 aromatic rings. The fourth-order valence-electron chi connectivity index (χ4n) is 1.71. The normalized spacial score (nSPS) is 12.0. The van der Waals surface area contributed by atoms with Crippen molar-refractivity contribution >= 4 is 34.7 Å². The number of hydrogen-bond acceptors (Lipinski definition) is 6. The highest BCUT2D eigenvalue weighted by molar-refractivity contribution is 7.19. The molecule has 0 saturated carbocycles. The molecule has 11 heteroatoms. The molecule has 0 bridgehead atoms. The maximum atomic E-state index is 12.6. The van der Waals surface area contributed by atoms with Gasteiger partial charge in [0, 0.05) is 0 Å². The Balaban J connectivity index is 2.27. The van der Waals surface area contributed by atoms with Gasteiger partial charge in [-0.05, 0) is 18.2 Å². The van der Waals surface area contributed by atoms with Crippen LogP contribution in [0, 0.1) is 0 Å². The predicted octanol–water partition coefficient (Wildman–Crippen LogP) is 1.89. The molecule has 0 saturated heterocycles. The number of fused-ring (bicyclic) bond motifs is 1. The monoisotopic (exact) mass is 347 g/mol. The van der Waals surface area contributed by atoms with Crippen molar-refractivity contribution in [3.63, 3.8) is 0 Å². The zero-order valence-corrected chi connectivity index (χ0v) is 11.8. The van der Waals surface area contributed by atoms with Gasteiger partial charge in [0.25, 0.3) is 11.6 Å². The molecule has 0 aliphatic heterocycles. The van der Waals surface area contributed by atoms with Gasteiger partial charge in [-0.3, -0.25) is 0 Å². The zero-order valence-electron chi connectivity index (χ0n) is 10.3. The minimum Gasteiger partial charge on any atom is -0.543 e. The van der Waals surface area contributed by atoms with Crippen LogP contribution in [-0.2, 0) is 6.18 Å². The van der Waals surface area contributed by atoms with Gasteiger partial charge in [-0.15, -0.1) is 16.4 Å². The molecule has 0 N–H and O–H groups in total. The highest BCUT2D eigenvalue weighted by Crippen LogP contribution is 2.31. The van der Waals surface area contributed by atoms with Crippen LogP contribution < -0.4 is 5.11 Å². The van der Waals surface area contributed by atoms with Crippen LogP contribution >= 0.6 is 22.9 Å². The van der Waals surface area contributed by atoms with Crippen molar-refractivity contribution in [1.82, 2.24) is 19.6 Å². The Morgan fingerprint density at radius 3 is 2.59 bits per heavy atom. The minimum atomic E-state index is -4.82. The fraction of sp³-hybridized carbons (Fsp3) is 0.0909. The van der Waals surface area contributed by atoms with Crippen LogP contribution in [0.25, 0.3) is 16.3 Å². The molecule has 0 unspecified atom stereocenters. The van der Waals surface area contributed by atoms with E-state index in [1.54, 1.807) is 12.1 Å². The van der Waals surface area contributed by atoms with Crippen molar-refractivity contribution in [2.45, 2.75) is 6.18 Å². The molecule has 0 aliphatic rings. The molecule has 0 aliphatic carbocycles. The molecule has 0 aromatic carbocycles. The number of carboxylic acids is 1. The molecule has 0 spiro atoms. The van der Waals surface area contributed by atoms with E-state index < -0.39 is 29.4 Å². The van der Waals surface area contributed by atoms with Gasteiger partial charge in [-0.2, -0.15) is 22.7 Å². The Morgan fingerprint density at radius 1 is 1.32 bits per heavy atom. The average molecular weight is 348 g/mol. The number of hydrogen-bond donors (Lipinski definition) is 0. The lowest BCUT2D eigenvalue weighted by Gasteiger charge is -2.06. The van der Waals surface area contributed by atoms with E-state index in [0.717, 1.165) is 17.4 Å². The van der Waals surface area contributed by atoms with Crippen LogP contribution in [0.15, 0.2) is 18.2 Å². The molecule has 0 amide bonds. The van der Waals surface area contributed by atoms with Gasteiger partial charge in [-0.1, -0.05) is 11.6 Å². The van der Waals surface area contributed by atoms with E-state index in [1.807, 2.05) is 0 Å². The number of rotatable bonds is 2. The molecule has 6 nitrogen and oxygen atoms in total. The van der Waals surface area contributed by atoms with Gasteiger partial charge in [0.05, 0.1) is 26.6 Å². The van der Waals surface area contributed by atoms with Crippen molar-refractivity contribution < 1.29 is 23.1 Å². The molecule has 3 rings (SSSR count). The molecule has 0 atom stereocenters. The van der Waals surface area contributed by atoms with Crippen molar-refractivity contribution in [1.29, 1.82) is 0 Å². The smallest absolute Gasteiger partial charge is 0.453 e. The van der Waals surface area contributed by atoms with Gasteiger partial charge < -0.3 is 9.90 Å². The Bertz CT molecular complexity index is 889. The van der Waals surface area contributed by atoms with Gasteiger partial charge in [0.1, 0.15) is 0 Å². The largest absolute Gasteiger partial charge is 0.543 e. The highest BCUT2D eigenvalue weighted by Gasteiger charge is 2.37. The number of nitrogens with zero attached hydrogens (tertiary/aromatic N) is 4. The lowest BCUT2D eigenvalue weighted by Crippen LogP contribution is -2.26. The van der Waals surface area contributed by atoms with Crippen LogP contribution in [0.4, 0.5) is 13.2 Å². The molecule has 0 fully saturated rings. The Labute approximate surface area is 128 Å². The summed E-state index contributed by atoms with van der Waals surface area (Å²) in [4.78, 5) is 18.7. The quantitative estimate of drug-likeness (QED) is 0.707. The number of aromatic carboxylic acids is 1. The first-order valence-electron chi connectivity index (χ1n) is 5.58. The van der Waals surface area contributed by atoms with E-state index in [0.29, 0.717) is 13.7 Å². The van der Waals surface area contributed by atoms with Crippen molar-refractivity contribution in [3.8, 4) is 10.6 Å². The first-order valence-corrected chi connectivity index (χ1v) is 6.77. The van der Waals surface area contributed by atoms with Crippen LogP contribution in [0.2, 0.25) is 4.34 Å². The number of carbonyl (C=O) groups is 1. The van der Waals surface area contributed by atoms with Crippen molar-refractivity contribution in [3.05, 3.63) is 34.1 Å². The predicted molar refractivity (Wildman–Crippen MR) is 68.4 cm³/mol. The second-order valence-corrected chi connectivity index (χ2v) is 5.78. The lowest BCUT2D eigenvalue weighted by molar-refractivity contribution is -0.255. The van der Waals surface area contributed by atoms with Gasteiger partial charge >= 0.3 is 6.18 Å². The van der Waals surface area contributed by atoms with Gasteiger partial charge in [-0.25, -0.2) is 4.98 Å². The van der Waals surface area contributed by atoms with Gasteiger partial charge in [0.2, 0.25) is 0 Å². The lowest BCUT2D eigenvalue weighted by atomic mass is 10.3. The first kappa shape index (κ1) is 14.7. The van der Waals surface area contributed by atoms with E-state index in [-0.39, 0.29) is 5.69 Å². The molecule has 3 aromatic heterocycles. The summed E-state index contributed by atoms with van der Waals surface area (Å²) in [7, 11) is 0. The third-order valence-corrected chi connectivity index (χ3v) is 3.85. The second kappa shape index (κ2) is 4.92. The molecule has 22 heavy (non-hydrogen) atoms. The number of carboxylic acid groups (broad SMARTS) is 1. The Hall–Kier alpha value is -2.20. The summed E-state index contributed by atoms with van der Waals surface area (Å²) in [6.45, 7) is 0. The summed E-state index contributed by atoms with van der Waals surface area (Å²) < 4.78 is 38.8. The first-order chi connectivity index (χ1) is 10.3. The average Bonchev–Trinajstić information content (AvgIpc) is 3.02. The van der Waals surface area contributed by atoms with Gasteiger partial charge in [0.15, 0.2) is 0 Å². The molecule has 3 heterocycles. The van der Waals surface area contributed by atoms with Crippen LogP contribution in [0.3, 0.4) is 0 Å². The van der Waals surface area contributed by atoms with Crippen LogP contribution in [0.5, 0.6) is 0 Å². The molecular weight excluding hydrogens is 345 g/mol. The van der Waals surface area contributed by atoms with Crippen LogP contribution in [-0.4, -0.2) is 25.6 Å². The molecular formula is C11H3ClF3N4O2S-. The highest BCUT2D eigenvalue weighted by atomic mass is 35.5. The third kappa shape index (κ3) is 2.50. The minimum absolute atomic E-state index is 0.115. The maximum Gasteiger partial charge on any atom is 0.453 e. The number of aromatic nitrogens is 4. The Kier molecular flexibility index (Phi) is 3.29. The zero-order chi connectivity index (χ0) is 16.1. The Morgan fingerprint density at radius 2 is 2.05 bits per heavy atom. The van der Waals surface area contributed by atoms with E-state index in [9.17, 15) is 23.1 Å². The van der Waals surface area contributed by atoms with Crippen LogP contribution in [0.1, 0.15) is 16.3 Å². The number of carbonyl (C=O) groups excluding carboxylic acids is 1. The molecule has 0 radical (unpaired) electrons. The van der Waals surface area contributed by atoms with E-state index in [4.69, 9.17) is 11.6 Å². The van der Waals surface area contributed by atoms with Crippen molar-refractivity contribution in [2.75, 3.05) is 0 Å². The number of halogens is 4. The fourth-order valence-corrected chi connectivity index (χ4v) is 2.72. The maximum absolute atomic E-state index is 12.6. The summed E-state index contributed by atoms with van der Waals surface area (Å²) in [5, 5.41) is 14.3. The van der Waals surface area contributed by atoms with Crippen molar-refractivity contribution in [2.24, 2.45) is 0 Å². The number of thiophene rings is 1. The number of alkyl halides is 3. The van der Waals surface area contributed by atoms with E-state index in [1.165, 1.54) is 0 Å². The molecule has 114 valence electrons. The SMILES string of the molecule is O=C([O-])c1cc(-c2ccc(Cl)s2)nc2nc(C(F)(F)F)nn12. The topological polar surface area (TPSA) is 83.2 Å². The standard InChI is InChI=1S/C11H4ClF3N4O2S/c12-7-2-1-6(22-7)4-3-5(8(20)21)19-10(16-4)17-9(18-19)11(13,14)15/h1-3H,(H,20,21)/p-1. The summed E-state index contributed by atoms with van der Waals surface area (Å²) in [6.07, 6.45) is -4.82. The third-order valence-electron chi connectivity index (χ3n) is 2.60. The van der Waals surface area contributed by atoms with E-state index >= 15 is 0 Å². The summed E-state index contributed by atoms with van der Waals surface area (Å²) in [5.74, 6) is -3.67. The second-order valence-electron chi connectivity index (χ2n) is 4.06.